The number of benzene rings is 1. The van der Waals surface area contributed by atoms with Crippen LogP contribution in [0.2, 0.25) is 0 Å². The van der Waals surface area contributed by atoms with Crippen LogP contribution in [0.1, 0.15) is 5.56 Å². The number of hydrogen-bond acceptors (Lipinski definition) is 6. The van der Waals surface area contributed by atoms with E-state index >= 15 is 0 Å². The van der Waals surface area contributed by atoms with Crippen molar-refractivity contribution in [2.75, 3.05) is 26.3 Å². The molecule has 8 heteroatoms. The van der Waals surface area contributed by atoms with E-state index in [2.05, 4.69) is 14.9 Å². The zero-order valence-corrected chi connectivity index (χ0v) is 12.5. The number of aliphatic imine (C=N–C) groups is 1. The van der Waals surface area contributed by atoms with Crippen molar-refractivity contribution in [1.29, 1.82) is 0 Å². The van der Waals surface area contributed by atoms with Crippen molar-refractivity contribution in [3.05, 3.63) is 51.5 Å². The smallest absolute Gasteiger partial charge is 0.270 e. The van der Waals surface area contributed by atoms with Crippen molar-refractivity contribution in [2.24, 2.45) is 4.99 Å². The molecule has 1 saturated heterocycles. The van der Waals surface area contributed by atoms with E-state index in [0.717, 1.165) is 0 Å². The molecule has 1 aliphatic heterocycles. The molecule has 7 nitrogen and oxygen atoms in total. The minimum atomic E-state index is -0.399. The summed E-state index contributed by atoms with van der Waals surface area (Å²) in [4.78, 5) is 21.4. The lowest BCUT2D eigenvalue weighted by Crippen LogP contribution is -2.41. The van der Waals surface area contributed by atoms with Crippen LogP contribution >= 0.6 is 11.3 Å². The Balaban J connectivity index is 2.01. The van der Waals surface area contributed by atoms with Crippen LogP contribution in [0.25, 0.3) is 0 Å². The highest BCUT2D eigenvalue weighted by Crippen LogP contribution is 2.21. The van der Waals surface area contributed by atoms with E-state index in [1.54, 1.807) is 18.3 Å². The predicted octanol–water partition coefficient (Wildman–Crippen LogP) is 2.46. The first-order valence-electron chi connectivity index (χ1n) is 6.80. The van der Waals surface area contributed by atoms with Crippen LogP contribution in [0.15, 0.2) is 40.8 Å². The zero-order valence-electron chi connectivity index (χ0n) is 11.7. The molecule has 0 radical (unpaired) electrons. The maximum atomic E-state index is 11.0. The SMILES string of the molecule is O=[N+]([O-])c1cccc(C(=Nc2nccs2)N2CCOCC2)c1. The highest BCUT2D eigenvalue weighted by molar-refractivity contribution is 7.13. The summed E-state index contributed by atoms with van der Waals surface area (Å²) in [7, 11) is 0. The van der Waals surface area contributed by atoms with E-state index < -0.39 is 4.92 Å². The summed E-state index contributed by atoms with van der Waals surface area (Å²) in [6.45, 7) is 2.64. The van der Waals surface area contributed by atoms with Gasteiger partial charge >= 0.3 is 0 Å². The summed E-state index contributed by atoms with van der Waals surface area (Å²) in [5.74, 6) is 0.696. The van der Waals surface area contributed by atoms with E-state index in [1.807, 2.05) is 11.4 Å². The average Bonchev–Trinajstić information content (AvgIpc) is 3.07. The van der Waals surface area contributed by atoms with Gasteiger partial charge in [-0.3, -0.25) is 10.1 Å². The van der Waals surface area contributed by atoms with Crippen molar-refractivity contribution in [2.45, 2.75) is 0 Å². The molecule has 2 aromatic rings. The fraction of sp³-hybridized carbons (Fsp3) is 0.286. The molecule has 0 N–H and O–H groups in total. The fourth-order valence-corrected chi connectivity index (χ4v) is 2.72. The molecule has 114 valence electrons. The number of nitro benzene ring substituents is 1. The zero-order chi connectivity index (χ0) is 15.4. The number of aromatic nitrogens is 1. The number of rotatable bonds is 3. The first-order valence-corrected chi connectivity index (χ1v) is 7.68. The highest BCUT2D eigenvalue weighted by atomic mass is 32.1. The molecule has 1 aromatic heterocycles. The maximum absolute atomic E-state index is 11.0. The number of hydrogen-bond donors (Lipinski definition) is 0. The summed E-state index contributed by atoms with van der Waals surface area (Å²) >= 11 is 1.43. The fourth-order valence-electron chi connectivity index (χ4n) is 2.21. The molecule has 0 bridgehead atoms. The molecule has 0 amide bonds. The molecule has 0 atom stereocenters. The van der Waals surface area contributed by atoms with Gasteiger partial charge in [-0.2, -0.15) is 0 Å². The second-order valence-electron chi connectivity index (χ2n) is 4.66. The molecule has 0 spiro atoms. The van der Waals surface area contributed by atoms with Gasteiger partial charge in [0.1, 0.15) is 5.84 Å². The Kier molecular flexibility index (Phi) is 4.40. The van der Waals surface area contributed by atoms with Gasteiger partial charge in [0.2, 0.25) is 5.13 Å². The number of amidine groups is 1. The highest BCUT2D eigenvalue weighted by Gasteiger charge is 2.19. The third kappa shape index (κ3) is 3.29. The molecule has 22 heavy (non-hydrogen) atoms. The number of nitrogens with zero attached hydrogens (tertiary/aromatic N) is 4. The number of non-ortho nitro benzene ring substituents is 1. The van der Waals surface area contributed by atoms with Gasteiger partial charge in [0, 0.05) is 42.4 Å². The van der Waals surface area contributed by atoms with Crippen LogP contribution < -0.4 is 0 Å². The molecule has 0 saturated carbocycles. The monoisotopic (exact) mass is 318 g/mol. The lowest BCUT2D eigenvalue weighted by Gasteiger charge is -2.29. The van der Waals surface area contributed by atoms with Gasteiger partial charge < -0.3 is 9.64 Å². The summed E-state index contributed by atoms with van der Waals surface area (Å²) in [6.07, 6.45) is 1.69. The van der Waals surface area contributed by atoms with Gasteiger partial charge in [-0.25, -0.2) is 9.98 Å². The van der Waals surface area contributed by atoms with Crippen molar-refractivity contribution in [3.8, 4) is 0 Å². The van der Waals surface area contributed by atoms with E-state index in [4.69, 9.17) is 4.74 Å². The van der Waals surface area contributed by atoms with Gasteiger partial charge in [-0.15, -0.1) is 11.3 Å². The van der Waals surface area contributed by atoms with Gasteiger partial charge in [-0.05, 0) is 0 Å². The lowest BCUT2D eigenvalue weighted by atomic mass is 10.1. The van der Waals surface area contributed by atoms with Gasteiger partial charge in [0.15, 0.2) is 0 Å². The summed E-state index contributed by atoms with van der Waals surface area (Å²) in [6, 6.07) is 6.52. The third-order valence-corrected chi connectivity index (χ3v) is 3.91. The largest absolute Gasteiger partial charge is 0.378 e. The van der Waals surface area contributed by atoms with Crippen LogP contribution in [-0.4, -0.2) is 46.9 Å². The van der Waals surface area contributed by atoms with Crippen LogP contribution in [0, 0.1) is 10.1 Å². The number of morpholine rings is 1. The molecule has 1 aliphatic rings. The van der Waals surface area contributed by atoms with E-state index in [0.29, 0.717) is 42.8 Å². The number of ether oxygens (including phenoxy) is 1. The Morgan fingerprint density at radius 2 is 2.23 bits per heavy atom. The molecular weight excluding hydrogens is 304 g/mol. The van der Waals surface area contributed by atoms with Crippen molar-refractivity contribution in [3.63, 3.8) is 0 Å². The van der Waals surface area contributed by atoms with Crippen molar-refractivity contribution in [1.82, 2.24) is 9.88 Å². The van der Waals surface area contributed by atoms with E-state index in [1.165, 1.54) is 17.4 Å². The first kappa shape index (κ1) is 14.6. The molecule has 0 aliphatic carbocycles. The van der Waals surface area contributed by atoms with E-state index in [-0.39, 0.29) is 5.69 Å². The number of nitro groups is 1. The summed E-state index contributed by atoms with van der Waals surface area (Å²) in [5.41, 5.74) is 0.767. The van der Waals surface area contributed by atoms with Crippen LogP contribution in [-0.2, 0) is 4.74 Å². The first-order chi connectivity index (χ1) is 10.7. The molecular formula is C14H14N4O3S. The topological polar surface area (TPSA) is 80.9 Å². The van der Waals surface area contributed by atoms with Crippen molar-refractivity contribution < 1.29 is 9.66 Å². The Morgan fingerprint density at radius 1 is 1.41 bits per heavy atom. The second-order valence-corrected chi connectivity index (χ2v) is 5.53. The Morgan fingerprint density at radius 3 is 2.91 bits per heavy atom. The third-order valence-electron chi connectivity index (χ3n) is 3.25. The quantitative estimate of drug-likeness (QED) is 0.376. The van der Waals surface area contributed by atoms with Gasteiger partial charge in [0.25, 0.3) is 5.69 Å². The molecule has 1 aromatic carbocycles. The van der Waals surface area contributed by atoms with Crippen LogP contribution in [0.5, 0.6) is 0 Å². The van der Waals surface area contributed by atoms with Crippen LogP contribution in [0.4, 0.5) is 10.8 Å². The molecule has 0 unspecified atom stereocenters. The minimum Gasteiger partial charge on any atom is -0.378 e. The molecule has 1 fully saturated rings. The average molecular weight is 318 g/mol. The summed E-state index contributed by atoms with van der Waals surface area (Å²) in [5, 5.41) is 13.5. The standard InChI is InChI=1S/C14H14N4O3S/c19-18(20)12-3-1-2-11(10-12)13(16-14-15-4-9-22-14)17-5-7-21-8-6-17/h1-4,9-10H,5-8H2. The maximum Gasteiger partial charge on any atom is 0.270 e. The Bertz CT molecular complexity index is 681. The number of thiazole rings is 1. The van der Waals surface area contributed by atoms with E-state index in [9.17, 15) is 10.1 Å². The lowest BCUT2D eigenvalue weighted by molar-refractivity contribution is -0.384. The Labute approximate surface area is 131 Å². The molecule has 2 heterocycles. The van der Waals surface area contributed by atoms with Gasteiger partial charge in [-0.1, -0.05) is 12.1 Å². The minimum absolute atomic E-state index is 0.0533. The normalized spacial score (nSPS) is 15.8. The predicted molar refractivity (Wildman–Crippen MR) is 83.8 cm³/mol. The van der Waals surface area contributed by atoms with Crippen molar-refractivity contribution >= 4 is 28.0 Å². The second kappa shape index (κ2) is 6.63. The van der Waals surface area contributed by atoms with Gasteiger partial charge in [0.05, 0.1) is 18.1 Å². The van der Waals surface area contributed by atoms with Crippen LogP contribution in [0.3, 0.4) is 0 Å². The summed E-state index contributed by atoms with van der Waals surface area (Å²) < 4.78 is 5.36. The molecule has 3 rings (SSSR count). The Hall–Kier alpha value is -2.32.